The number of hydrogen-bond donors (Lipinski definition) is 2. The van der Waals surface area contributed by atoms with Crippen molar-refractivity contribution in [2.24, 2.45) is 16.8 Å². The van der Waals surface area contributed by atoms with Gasteiger partial charge in [0.2, 0.25) is 0 Å². The smallest absolute Gasteiger partial charge is 0.380 e. The molecule has 0 saturated carbocycles. The highest BCUT2D eigenvalue weighted by Crippen LogP contribution is 2.22. The molecule has 0 bridgehead atoms. The number of nitrogens with zero attached hydrogens (tertiary/aromatic N) is 2. The average molecular weight is 366 g/mol. The molecule has 1 aliphatic rings. The van der Waals surface area contributed by atoms with Crippen molar-refractivity contribution in [3.8, 4) is 0 Å². The van der Waals surface area contributed by atoms with Crippen LogP contribution in [0.15, 0.2) is 4.99 Å². The summed E-state index contributed by atoms with van der Waals surface area (Å²) in [6.07, 6.45) is -2.31. The minimum absolute atomic E-state index is 0.181. The van der Waals surface area contributed by atoms with Gasteiger partial charge < -0.3 is 15.4 Å². The molecule has 1 aliphatic heterocycles. The third kappa shape index (κ3) is 11.3. The number of rotatable bonds is 10. The lowest BCUT2D eigenvalue weighted by atomic mass is 10.1. The molecular weight excluding hydrogens is 333 g/mol. The largest absolute Gasteiger partial charge is 0.401 e. The third-order valence-corrected chi connectivity index (χ3v) is 4.00. The Morgan fingerprint density at radius 2 is 2.04 bits per heavy atom. The average Bonchev–Trinajstić information content (AvgIpc) is 2.93. The molecule has 5 nitrogen and oxygen atoms in total. The second-order valence-corrected chi connectivity index (χ2v) is 6.95. The zero-order chi connectivity index (χ0) is 18.7. The molecule has 2 N–H and O–H groups in total. The highest BCUT2D eigenvalue weighted by molar-refractivity contribution is 5.79. The number of alkyl halides is 3. The number of aliphatic imine (C=N–C) groups is 1. The molecule has 25 heavy (non-hydrogen) atoms. The van der Waals surface area contributed by atoms with Crippen LogP contribution in [0, 0.1) is 11.8 Å². The lowest BCUT2D eigenvalue weighted by Gasteiger charge is -2.17. The van der Waals surface area contributed by atoms with Gasteiger partial charge in [0.15, 0.2) is 5.96 Å². The van der Waals surface area contributed by atoms with Crippen molar-refractivity contribution in [2.75, 3.05) is 52.5 Å². The summed E-state index contributed by atoms with van der Waals surface area (Å²) in [4.78, 5) is 5.96. The third-order valence-electron chi connectivity index (χ3n) is 4.00. The first kappa shape index (κ1) is 22.0. The van der Waals surface area contributed by atoms with Crippen molar-refractivity contribution >= 4 is 5.96 Å². The van der Waals surface area contributed by atoms with E-state index in [0.717, 1.165) is 26.0 Å². The first-order chi connectivity index (χ1) is 11.8. The van der Waals surface area contributed by atoms with E-state index in [2.05, 4.69) is 29.5 Å². The van der Waals surface area contributed by atoms with Crippen molar-refractivity contribution in [3.63, 3.8) is 0 Å². The molecule has 1 saturated heterocycles. The molecule has 0 amide bonds. The van der Waals surface area contributed by atoms with Gasteiger partial charge in [-0.1, -0.05) is 13.8 Å². The fourth-order valence-corrected chi connectivity index (χ4v) is 2.68. The van der Waals surface area contributed by atoms with Gasteiger partial charge in [0.25, 0.3) is 0 Å². The maximum absolute atomic E-state index is 12.4. The first-order valence-corrected chi connectivity index (χ1v) is 9.19. The summed E-state index contributed by atoms with van der Waals surface area (Å²) >= 11 is 0. The SMILES string of the molecule is CCNC(=NCC1CCN(CC(F)(F)F)C1)NCCOCCC(C)C. The van der Waals surface area contributed by atoms with Crippen molar-refractivity contribution in [1.82, 2.24) is 15.5 Å². The molecule has 0 aliphatic carbocycles. The van der Waals surface area contributed by atoms with E-state index in [1.165, 1.54) is 4.90 Å². The van der Waals surface area contributed by atoms with E-state index < -0.39 is 12.7 Å². The van der Waals surface area contributed by atoms with Gasteiger partial charge in [-0.2, -0.15) is 13.2 Å². The Morgan fingerprint density at radius 3 is 2.68 bits per heavy atom. The molecule has 1 heterocycles. The quantitative estimate of drug-likeness (QED) is 0.354. The van der Waals surface area contributed by atoms with Crippen LogP contribution in [0.2, 0.25) is 0 Å². The van der Waals surface area contributed by atoms with Crippen LogP contribution in [0.1, 0.15) is 33.6 Å². The summed E-state index contributed by atoms with van der Waals surface area (Å²) in [6, 6.07) is 0. The summed E-state index contributed by atoms with van der Waals surface area (Å²) in [5.74, 6) is 1.51. The predicted octanol–water partition coefficient (Wildman–Crippen LogP) is 2.49. The number of ether oxygens (including phenoxy) is 1. The zero-order valence-electron chi connectivity index (χ0n) is 15.7. The number of nitrogens with one attached hydrogen (secondary N) is 2. The van der Waals surface area contributed by atoms with Crippen molar-refractivity contribution in [3.05, 3.63) is 0 Å². The van der Waals surface area contributed by atoms with Gasteiger partial charge in [0.05, 0.1) is 13.2 Å². The first-order valence-electron chi connectivity index (χ1n) is 9.19. The fourth-order valence-electron chi connectivity index (χ4n) is 2.68. The fraction of sp³-hybridized carbons (Fsp3) is 0.941. The predicted molar refractivity (Wildman–Crippen MR) is 94.9 cm³/mol. The Morgan fingerprint density at radius 1 is 1.28 bits per heavy atom. The van der Waals surface area contributed by atoms with Crippen LogP contribution in [0.4, 0.5) is 13.2 Å². The van der Waals surface area contributed by atoms with Crippen LogP contribution < -0.4 is 10.6 Å². The topological polar surface area (TPSA) is 48.9 Å². The van der Waals surface area contributed by atoms with E-state index in [4.69, 9.17) is 4.74 Å². The zero-order valence-corrected chi connectivity index (χ0v) is 15.7. The molecule has 0 aromatic rings. The Hall–Kier alpha value is -1.02. The number of likely N-dealkylation sites (tertiary alicyclic amines) is 1. The lowest BCUT2D eigenvalue weighted by Crippen LogP contribution is -2.39. The van der Waals surface area contributed by atoms with Gasteiger partial charge in [-0.3, -0.25) is 9.89 Å². The van der Waals surface area contributed by atoms with E-state index in [9.17, 15) is 13.2 Å². The van der Waals surface area contributed by atoms with Crippen LogP contribution in [-0.4, -0.2) is 69.5 Å². The molecule has 0 radical (unpaired) electrons. The standard InChI is InChI=1S/C17H33F3N4O/c1-4-21-16(22-7-10-25-9-6-14(2)3)23-11-15-5-8-24(12-15)13-17(18,19)20/h14-15H,4-13H2,1-3H3,(H2,21,22,23). The van der Waals surface area contributed by atoms with E-state index in [0.29, 0.717) is 44.7 Å². The minimum atomic E-state index is -4.12. The van der Waals surface area contributed by atoms with Gasteiger partial charge in [0.1, 0.15) is 0 Å². The maximum atomic E-state index is 12.4. The summed E-state index contributed by atoms with van der Waals surface area (Å²) in [5, 5.41) is 6.36. The van der Waals surface area contributed by atoms with Crippen LogP contribution in [0.5, 0.6) is 0 Å². The van der Waals surface area contributed by atoms with E-state index in [-0.39, 0.29) is 5.92 Å². The maximum Gasteiger partial charge on any atom is 0.401 e. The normalized spacial score (nSPS) is 19.6. The van der Waals surface area contributed by atoms with Crippen LogP contribution in [-0.2, 0) is 4.74 Å². The molecule has 0 spiro atoms. The Bertz CT molecular complexity index is 389. The van der Waals surface area contributed by atoms with Gasteiger partial charge >= 0.3 is 6.18 Å². The molecule has 0 aromatic heterocycles. The lowest BCUT2D eigenvalue weighted by molar-refractivity contribution is -0.143. The number of halogens is 3. The second-order valence-electron chi connectivity index (χ2n) is 6.95. The highest BCUT2D eigenvalue weighted by atomic mass is 19.4. The van der Waals surface area contributed by atoms with Crippen molar-refractivity contribution in [1.29, 1.82) is 0 Å². The summed E-state index contributed by atoms with van der Waals surface area (Å²) in [6.45, 7) is 9.75. The molecule has 1 unspecified atom stereocenters. The molecule has 0 aromatic carbocycles. The van der Waals surface area contributed by atoms with E-state index in [1.54, 1.807) is 0 Å². The second kappa shape index (κ2) is 11.6. The highest BCUT2D eigenvalue weighted by Gasteiger charge is 2.34. The molecule has 1 fully saturated rings. The minimum Gasteiger partial charge on any atom is -0.380 e. The number of guanidine groups is 1. The van der Waals surface area contributed by atoms with Crippen molar-refractivity contribution in [2.45, 2.75) is 39.8 Å². The van der Waals surface area contributed by atoms with Crippen LogP contribution in [0.25, 0.3) is 0 Å². The Labute approximate surface area is 149 Å². The van der Waals surface area contributed by atoms with E-state index in [1.807, 2.05) is 6.92 Å². The molecule has 1 atom stereocenters. The summed E-state index contributed by atoms with van der Waals surface area (Å²) in [7, 11) is 0. The Kier molecular flexibility index (Phi) is 10.2. The number of hydrogen-bond acceptors (Lipinski definition) is 3. The van der Waals surface area contributed by atoms with Gasteiger partial charge in [-0.15, -0.1) is 0 Å². The van der Waals surface area contributed by atoms with Gasteiger partial charge in [-0.25, -0.2) is 0 Å². The Balaban J connectivity index is 2.26. The van der Waals surface area contributed by atoms with Crippen LogP contribution in [0.3, 0.4) is 0 Å². The van der Waals surface area contributed by atoms with E-state index >= 15 is 0 Å². The molecule has 148 valence electrons. The molecule has 1 rings (SSSR count). The molecule has 8 heteroatoms. The monoisotopic (exact) mass is 366 g/mol. The van der Waals surface area contributed by atoms with Gasteiger partial charge in [-0.05, 0) is 38.1 Å². The summed E-state index contributed by atoms with van der Waals surface area (Å²) in [5.41, 5.74) is 0. The molecular formula is C17H33F3N4O. The summed E-state index contributed by atoms with van der Waals surface area (Å²) < 4.78 is 42.8. The van der Waals surface area contributed by atoms with Crippen LogP contribution >= 0.6 is 0 Å². The van der Waals surface area contributed by atoms with Crippen molar-refractivity contribution < 1.29 is 17.9 Å². The van der Waals surface area contributed by atoms with Gasteiger partial charge in [0, 0.05) is 32.8 Å².